The monoisotopic (exact) mass is 296 g/mol. The van der Waals surface area contributed by atoms with Crippen LogP contribution in [0.2, 0.25) is 0 Å². The molecule has 4 heteroatoms. The van der Waals surface area contributed by atoms with Crippen molar-refractivity contribution >= 4 is 5.91 Å². The van der Waals surface area contributed by atoms with Gasteiger partial charge in [-0.05, 0) is 41.0 Å². The van der Waals surface area contributed by atoms with Crippen LogP contribution >= 0.6 is 0 Å². The second-order valence-corrected chi connectivity index (χ2v) is 8.48. The zero-order chi connectivity index (χ0) is 15.9. The van der Waals surface area contributed by atoms with Gasteiger partial charge in [0.1, 0.15) is 11.3 Å². The Labute approximate surface area is 129 Å². The first-order valence-corrected chi connectivity index (χ1v) is 8.34. The van der Waals surface area contributed by atoms with Gasteiger partial charge < -0.3 is 15.4 Å². The van der Waals surface area contributed by atoms with Crippen LogP contribution in [-0.2, 0) is 9.53 Å². The molecule has 1 spiro atoms. The van der Waals surface area contributed by atoms with E-state index in [4.69, 9.17) is 4.74 Å². The van der Waals surface area contributed by atoms with Crippen LogP contribution in [0.3, 0.4) is 0 Å². The van der Waals surface area contributed by atoms with E-state index in [-0.39, 0.29) is 17.0 Å². The summed E-state index contributed by atoms with van der Waals surface area (Å²) in [7, 11) is 0. The number of nitrogens with one attached hydrogen (secondary N) is 2. The molecular formula is C17H32N2O2. The number of hydrogen-bond acceptors (Lipinski definition) is 3. The third kappa shape index (κ3) is 3.59. The fourth-order valence-corrected chi connectivity index (χ4v) is 4.37. The number of ether oxygens (including phenoxy) is 1. The zero-order valence-corrected chi connectivity index (χ0v) is 14.6. The van der Waals surface area contributed by atoms with Crippen LogP contribution in [0.5, 0.6) is 0 Å². The molecule has 2 rings (SSSR count). The Bertz CT molecular complexity index is 401. The van der Waals surface area contributed by atoms with E-state index < -0.39 is 11.3 Å². The molecule has 1 unspecified atom stereocenters. The van der Waals surface area contributed by atoms with Crippen molar-refractivity contribution in [3.05, 3.63) is 0 Å². The molecule has 4 nitrogen and oxygen atoms in total. The van der Waals surface area contributed by atoms with Gasteiger partial charge in [-0.3, -0.25) is 4.79 Å². The second kappa shape index (κ2) is 5.24. The first-order chi connectivity index (χ1) is 9.52. The summed E-state index contributed by atoms with van der Waals surface area (Å²) in [5.74, 6) is 0.0621. The Kier molecular flexibility index (Phi) is 4.18. The summed E-state index contributed by atoms with van der Waals surface area (Å²) >= 11 is 0. The van der Waals surface area contributed by atoms with Crippen LogP contribution in [0.15, 0.2) is 0 Å². The largest absolute Gasteiger partial charge is 0.340 e. The molecule has 2 aliphatic heterocycles. The van der Waals surface area contributed by atoms with Crippen molar-refractivity contribution in [3.63, 3.8) is 0 Å². The summed E-state index contributed by atoms with van der Waals surface area (Å²) in [6.45, 7) is 12.8. The molecule has 0 aromatic carbocycles. The lowest BCUT2D eigenvalue weighted by Crippen LogP contribution is -2.66. The van der Waals surface area contributed by atoms with Gasteiger partial charge in [0.2, 0.25) is 0 Å². The Hall–Kier alpha value is -0.610. The SMILES string of the molecule is CCCCCC1(C)OC2(CC(C)(C)NC(C)(C)C2)NC1=O. The van der Waals surface area contributed by atoms with Gasteiger partial charge in [-0.25, -0.2) is 0 Å². The third-order valence-electron chi connectivity index (χ3n) is 4.63. The lowest BCUT2D eigenvalue weighted by Gasteiger charge is -2.51. The minimum Gasteiger partial charge on any atom is -0.340 e. The maximum Gasteiger partial charge on any atom is 0.254 e. The van der Waals surface area contributed by atoms with Gasteiger partial charge in [-0.2, -0.15) is 0 Å². The van der Waals surface area contributed by atoms with Crippen LogP contribution in [0.4, 0.5) is 0 Å². The molecule has 2 N–H and O–H groups in total. The van der Waals surface area contributed by atoms with Crippen molar-refractivity contribution in [2.45, 2.75) is 102 Å². The number of hydrogen-bond donors (Lipinski definition) is 2. The van der Waals surface area contributed by atoms with E-state index in [9.17, 15) is 4.79 Å². The van der Waals surface area contributed by atoms with Crippen LogP contribution in [0.25, 0.3) is 0 Å². The average Bonchev–Trinajstić information content (AvgIpc) is 2.45. The molecule has 0 bridgehead atoms. The van der Waals surface area contributed by atoms with E-state index in [0.717, 1.165) is 38.5 Å². The summed E-state index contributed by atoms with van der Waals surface area (Å²) in [5, 5.41) is 6.84. The highest BCUT2D eigenvalue weighted by molar-refractivity contribution is 5.87. The molecule has 2 heterocycles. The summed E-state index contributed by atoms with van der Waals surface area (Å²) < 4.78 is 6.41. The van der Waals surface area contributed by atoms with Gasteiger partial charge in [-0.15, -0.1) is 0 Å². The fraction of sp³-hybridized carbons (Fsp3) is 0.941. The van der Waals surface area contributed by atoms with Crippen molar-refractivity contribution < 1.29 is 9.53 Å². The molecule has 2 saturated heterocycles. The molecule has 2 fully saturated rings. The highest BCUT2D eigenvalue weighted by atomic mass is 16.6. The summed E-state index contributed by atoms with van der Waals surface area (Å²) in [6.07, 6.45) is 5.77. The van der Waals surface area contributed by atoms with Crippen LogP contribution in [-0.4, -0.2) is 28.3 Å². The zero-order valence-electron chi connectivity index (χ0n) is 14.6. The lowest BCUT2D eigenvalue weighted by molar-refractivity contribution is -0.155. The number of unbranched alkanes of at least 4 members (excludes halogenated alkanes) is 2. The Morgan fingerprint density at radius 3 is 2.14 bits per heavy atom. The second-order valence-electron chi connectivity index (χ2n) is 8.48. The quantitative estimate of drug-likeness (QED) is 0.784. The van der Waals surface area contributed by atoms with E-state index in [1.54, 1.807) is 0 Å². The van der Waals surface area contributed by atoms with Gasteiger partial charge in [0.15, 0.2) is 0 Å². The van der Waals surface area contributed by atoms with E-state index in [1.165, 1.54) is 0 Å². The molecule has 2 aliphatic rings. The molecular weight excluding hydrogens is 264 g/mol. The van der Waals surface area contributed by atoms with Gasteiger partial charge in [-0.1, -0.05) is 26.2 Å². The maximum atomic E-state index is 12.5. The normalized spacial score (nSPS) is 33.1. The van der Waals surface area contributed by atoms with Crippen molar-refractivity contribution in [3.8, 4) is 0 Å². The maximum absolute atomic E-state index is 12.5. The van der Waals surface area contributed by atoms with Gasteiger partial charge in [0, 0.05) is 23.9 Å². The minimum atomic E-state index is -0.668. The topological polar surface area (TPSA) is 50.4 Å². The summed E-state index contributed by atoms with van der Waals surface area (Å²) in [5.41, 5.74) is -1.29. The fourth-order valence-electron chi connectivity index (χ4n) is 4.37. The summed E-state index contributed by atoms with van der Waals surface area (Å²) in [6, 6.07) is 0. The number of rotatable bonds is 4. The molecule has 1 atom stereocenters. The van der Waals surface area contributed by atoms with E-state index in [1.807, 2.05) is 6.92 Å². The van der Waals surface area contributed by atoms with Crippen molar-refractivity contribution in [2.75, 3.05) is 0 Å². The molecule has 0 aliphatic carbocycles. The van der Waals surface area contributed by atoms with Gasteiger partial charge >= 0.3 is 0 Å². The number of piperidine rings is 1. The number of carbonyl (C=O) groups excluding carboxylic acids is 1. The van der Waals surface area contributed by atoms with Crippen molar-refractivity contribution in [1.29, 1.82) is 0 Å². The van der Waals surface area contributed by atoms with Crippen molar-refractivity contribution in [2.24, 2.45) is 0 Å². The van der Waals surface area contributed by atoms with Gasteiger partial charge in [0.25, 0.3) is 5.91 Å². The molecule has 1 amide bonds. The predicted octanol–water partition coefficient (Wildman–Crippen LogP) is 3.11. The molecule has 0 aromatic rings. The molecule has 21 heavy (non-hydrogen) atoms. The Morgan fingerprint density at radius 2 is 1.62 bits per heavy atom. The summed E-state index contributed by atoms with van der Waals surface area (Å²) in [4.78, 5) is 12.5. The van der Waals surface area contributed by atoms with Crippen LogP contribution in [0, 0.1) is 0 Å². The van der Waals surface area contributed by atoms with E-state index in [0.29, 0.717) is 0 Å². The highest BCUT2D eigenvalue weighted by Gasteiger charge is 2.58. The first-order valence-electron chi connectivity index (χ1n) is 8.34. The Morgan fingerprint density at radius 1 is 1.05 bits per heavy atom. The van der Waals surface area contributed by atoms with Crippen molar-refractivity contribution in [1.82, 2.24) is 10.6 Å². The van der Waals surface area contributed by atoms with Crippen LogP contribution in [0.1, 0.15) is 80.1 Å². The Balaban J connectivity index is 2.16. The first kappa shape index (κ1) is 16.8. The van der Waals surface area contributed by atoms with Gasteiger partial charge in [0.05, 0.1) is 0 Å². The highest BCUT2D eigenvalue weighted by Crippen LogP contribution is 2.43. The molecule has 0 aromatic heterocycles. The lowest BCUT2D eigenvalue weighted by atomic mass is 9.77. The molecule has 122 valence electrons. The smallest absolute Gasteiger partial charge is 0.254 e. The number of amides is 1. The molecule has 0 radical (unpaired) electrons. The molecule has 0 saturated carbocycles. The number of carbonyl (C=O) groups is 1. The predicted molar refractivity (Wildman–Crippen MR) is 85.0 cm³/mol. The minimum absolute atomic E-state index is 0.0519. The van der Waals surface area contributed by atoms with E-state index >= 15 is 0 Å². The standard InChI is InChI=1S/C17H32N2O2/c1-7-8-9-10-16(6)13(20)18-17(21-16)11-14(2,3)19-15(4,5)12-17/h19H,7-12H2,1-6H3,(H,18,20). The third-order valence-corrected chi connectivity index (χ3v) is 4.63. The van der Waals surface area contributed by atoms with E-state index in [2.05, 4.69) is 45.3 Å². The van der Waals surface area contributed by atoms with Crippen LogP contribution < -0.4 is 10.6 Å². The average molecular weight is 296 g/mol.